The standard InChI is InChI=1S/C32H42F2N4O3/c1-21(2)36-27(31(41)35-6)14-15-38(29(40)20-39)30(32(3,4)5)28-16-23(25-17-24(33)12-13-26(25)34)19-37(28)18-22-10-8-7-9-11-22/h7-13,16-17,19,21,27,30,36,39H,14-15,18,20H2,1-6H3,(H,35,41). The number of aliphatic hydroxyl groups excluding tert-OH is 1. The van der Waals surface area contributed by atoms with Gasteiger partial charge in [-0.15, -0.1) is 0 Å². The molecule has 0 aliphatic carbocycles. The minimum atomic E-state index is -0.709. The van der Waals surface area contributed by atoms with Crippen LogP contribution in [0.4, 0.5) is 8.78 Å². The largest absolute Gasteiger partial charge is 0.387 e. The van der Waals surface area contributed by atoms with E-state index >= 15 is 0 Å². The Morgan fingerprint density at radius 3 is 2.32 bits per heavy atom. The zero-order valence-electron chi connectivity index (χ0n) is 24.7. The van der Waals surface area contributed by atoms with Gasteiger partial charge in [0.05, 0.1) is 12.1 Å². The highest BCUT2D eigenvalue weighted by atomic mass is 19.1. The van der Waals surface area contributed by atoms with Crippen LogP contribution in [-0.4, -0.2) is 58.7 Å². The van der Waals surface area contributed by atoms with E-state index in [-0.39, 0.29) is 24.1 Å². The topological polar surface area (TPSA) is 86.6 Å². The van der Waals surface area contributed by atoms with Crippen molar-refractivity contribution in [3.05, 3.63) is 83.7 Å². The molecule has 0 radical (unpaired) electrons. The van der Waals surface area contributed by atoms with Gasteiger partial charge in [-0.2, -0.15) is 0 Å². The van der Waals surface area contributed by atoms with Crippen LogP contribution in [0.1, 0.15) is 58.3 Å². The molecule has 41 heavy (non-hydrogen) atoms. The van der Waals surface area contributed by atoms with Crippen molar-refractivity contribution in [3.63, 3.8) is 0 Å². The molecule has 0 fully saturated rings. The van der Waals surface area contributed by atoms with Crippen LogP contribution in [0, 0.1) is 17.0 Å². The third-order valence-corrected chi connectivity index (χ3v) is 6.99. The number of halogens is 2. The zero-order chi connectivity index (χ0) is 30.3. The third kappa shape index (κ3) is 8.24. The van der Waals surface area contributed by atoms with Crippen molar-refractivity contribution >= 4 is 11.8 Å². The number of hydrogen-bond donors (Lipinski definition) is 3. The van der Waals surface area contributed by atoms with Gasteiger partial charge in [0.15, 0.2) is 0 Å². The Labute approximate surface area is 241 Å². The molecular formula is C32H42F2N4O3. The first-order valence-corrected chi connectivity index (χ1v) is 13.9. The highest BCUT2D eigenvalue weighted by Gasteiger charge is 2.37. The molecule has 3 N–H and O–H groups in total. The van der Waals surface area contributed by atoms with E-state index in [1.165, 1.54) is 0 Å². The Bertz CT molecular complexity index is 1320. The summed E-state index contributed by atoms with van der Waals surface area (Å²) in [6.07, 6.45) is 2.08. The van der Waals surface area contributed by atoms with Crippen molar-refractivity contribution in [2.24, 2.45) is 5.41 Å². The molecule has 0 aliphatic rings. The third-order valence-electron chi connectivity index (χ3n) is 6.99. The molecule has 9 heteroatoms. The Morgan fingerprint density at radius 2 is 1.73 bits per heavy atom. The fraction of sp³-hybridized carbons (Fsp3) is 0.438. The lowest BCUT2D eigenvalue weighted by molar-refractivity contribution is -0.140. The minimum absolute atomic E-state index is 0.0320. The quantitative estimate of drug-likeness (QED) is 0.290. The average Bonchev–Trinajstić information content (AvgIpc) is 3.32. The number of aliphatic hydroxyl groups is 1. The van der Waals surface area contributed by atoms with Gasteiger partial charge in [0, 0.05) is 49.2 Å². The minimum Gasteiger partial charge on any atom is -0.387 e. The van der Waals surface area contributed by atoms with Crippen LogP contribution in [0.15, 0.2) is 60.8 Å². The van der Waals surface area contributed by atoms with Gasteiger partial charge in [-0.05, 0) is 41.7 Å². The number of rotatable bonds is 12. The van der Waals surface area contributed by atoms with Gasteiger partial charge < -0.3 is 25.2 Å². The number of hydrogen-bond acceptors (Lipinski definition) is 4. The SMILES string of the molecule is CNC(=O)C(CCN(C(=O)CO)C(c1cc(-c2cc(F)ccc2F)cn1Cc1ccccc1)C(C)(C)C)NC(C)C. The predicted octanol–water partition coefficient (Wildman–Crippen LogP) is 4.89. The molecule has 0 saturated carbocycles. The first-order valence-electron chi connectivity index (χ1n) is 13.9. The van der Waals surface area contributed by atoms with Crippen LogP contribution in [-0.2, 0) is 16.1 Å². The Kier molecular flexibility index (Phi) is 10.8. The highest BCUT2D eigenvalue weighted by molar-refractivity contribution is 5.82. The van der Waals surface area contributed by atoms with Gasteiger partial charge in [-0.1, -0.05) is 65.0 Å². The monoisotopic (exact) mass is 568 g/mol. The second-order valence-electron chi connectivity index (χ2n) is 11.7. The number of amides is 2. The van der Waals surface area contributed by atoms with Crippen molar-refractivity contribution in [3.8, 4) is 11.1 Å². The van der Waals surface area contributed by atoms with Crippen LogP contribution < -0.4 is 10.6 Å². The molecule has 3 rings (SSSR count). The van der Waals surface area contributed by atoms with Crippen molar-refractivity contribution in [2.75, 3.05) is 20.2 Å². The molecule has 1 aromatic heterocycles. The molecule has 0 aliphatic heterocycles. The van der Waals surface area contributed by atoms with Crippen molar-refractivity contribution in [1.29, 1.82) is 0 Å². The Balaban J connectivity index is 2.15. The Morgan fingerprint density at radius 1 is 1.05 bits per heavy atom. The summed E-state index contributed by atoms with van der Waals surface area (Å²) < 4.78 is 31.0. The predicted molar refractivity (Wildman–Crippen MR) is 157 cm³/mol. The van der Waals surface area contributed by atoms with Crippen LogP contribution in [0.25, 0.3) is 11.1 Å². The highest BCUT2D eigenvalue weighted by Crippen LogP contribution is 2.41. The molecule has 0 bridgehead atoms. The summed E-state index contributed by atoms with van der Waals surface area (Å²) in [5, 5.41) is 15.9. The number of nitrogens with zero attached hydrogens (tertiary/aromatic N) is 2. The summed E-state index contributed by atoms with van der Waals surface area (Å²) in [5.41, 5.74) is 1.75. The number of carbonyl (C=O) groups excluding carboxylic acids is 2. The summed E-state index contributed by atoms with van der Waals surface area (Å²) in [7, 11) is 1.56. The van der Waals surface area contributed by atoms with E-state index in [1.807, 2.05) is 69.5 Å². The molecule has 2 amide bonds. The molecule has 0 saturated heterocycles. The molecule has 1 heterocycles. The molecule has 0 spiro atoms. The maximum atomic E-state index is 14.9. The van der Waals surface area contributed by atoms with Crippen molar-refractivity contribution in [2.45, 2.75) is 65.7 Å². The van der Waals surface area contributed by atoms with E-state index in [0.29, 0.717) is 24.2 Å². The van der Waals surface area contributed by atoms with E-state index in [0.717, 1.165) is 23.8 Å². The first kappa shape index (κ1) is 32.0. The number of nitrogens with one attached hydrogen (secondary N) is 2. The fourth-order valence-corrected chi connectivity index (χ4v) is 5.24. The second kappa shape index (κ2) is 13.9. The van der Waals surface area contributed by atoms with E-state index in [4.69, 9.17) is 0 Å². The maximum Gasteiger partial charge on any atom is 0.248 e. The summed E-state index contributed by atoms with van der Waals surface area (Å²) in [6, 6.07) is 13.8. The lowest BCUT2D eigenvalue weighted by Gasteiger charge is -2.41. The molecule has 2 atom stereocenters. The van der Waals surface area contributed by atoms with Gasteiger partial charge in [-0.3, -0.25) is 9.59 Å². The fourth-order valence-electron chi connectivity index (χ4n) is 5.24. The van der Waals surface area contributed by atoms with E-state index in [2.05, 4.69) is 10.6 Å². The molecule has 7 nitrogen and oxygen atoms in total. The van der Waals surface area contributed by atoms with Gasteiger partial charge in [0.2, 0.25) is 11.8 Å². The first-order chi connectivity index (χ1) is 19.3. The van der Waals surface area contributed by atoms with Crippen LogP contribution in [0.3, 0.4) is 0 Å². The summed E-state index contributed by atoms with van der Waals surface area (Å²) in [5.74, 6) is -1.80. The maximum absolute atomic E-state index is 14.9. The summed E-state index contributed by atoms with van der Waals surface area (Å²) >= 11 is 0. The lowest BCUT2D eigenvalue weighted by atomic mass is 9.82. The summed E-state index contributed by atoms with van der Waals surface area (Å²) in [4.78, 5) is 27.5. The number of benzene rings is 2. The van der Waals surface area contributed by atoms with E-state index < -0.39 is 41.6 Å². The second-order valence-corrected chi connectivity index (χ2v) is 11.7. The van der Waals surface area contributed by atoms with Crippen LogP contribution >= 0.6 is 0 Å². The zero-order valence-corrected chi connectivity index (χ0v) is 24.7. The summed E-state index contributed by atoms with van der Waals surface area (Å²) in [6.45, 7) is 9.73. The lowest BCUT2D eigenvalue weighted by Crippen LogP contribution is -2.50. The van der Waals surface area contributed by atoms with Gasteiger partial charge >= 0.3 is 0 Å². The van der Waals surface area contributed by atoms with Gasteiger partial charge in [-0.25, -0.2) is 8.78 Å². The number of aromatic nitrogens is 1. The Hall–Kier alpha value is -3.56. The van der Waals surface area contributed by atoms with Crippen LogP contribution in [0.5, 0.6) is 0 Å². The molecule has 2 aromatic carbocycles. The number of likely N-dealkylation sites (N-methyl/N-ethyl adjacent to an activating group) is 1. The molecule has 3 aromatic rings. The number of carbonyl (C=O) groups is 2. The van der Waals surface area contributed by atoms with Crippen molar-refractivity contribution < 1.29 is 23.5 Å². The normalized spacial score (nSPS) is 13.2. The van der Waals surface area contributed by atoms with E-state index in [9.17, 15) is 23.5 Å². The smallest absolute Gasteiger partial charge is 0.248 e. The molecule has 222 valence electrons. The van der Waals surface area contributed by atoms with Gasteiger partial charge in [0.1, 0.15) is 18.2 Å². The molecule has 2 unspecified atom stereocenters. The van der Waals surface area contributed by atoms with E-state index in [1.54, 1.807) is 24.2 Å². The van der Waals surface area contributed by atoms with Crippen LogP contribution in [0.2, 0.25) is 0 Å². The van der Waals surface area contributed by atoms with Crippen molar-refractivity contribution in [1.82, 2.24) is 20.1 Å². The molecular weight excluding hydrogens is 526 g/mol. The van der Waals surface area contributed by atoms with Gasteiger partial charge in [0.25, 0.3) is 0 Å². The average molecular weight is 569 g/mol.